The summed E-state index contributed by atoms with van der Waals surface area (Å²) in [6, 6.07) is -0.893. The number of carboxylic acid groups (broad SMARTS) is 1. The highest BCUT2D eigenvalue weighted by molar-refractivity contribution is 5.76. The van der Waals surface area contributed by atoms with Gasteiger partial charge in [0.2, 0.25) is 0 Å². The predicted molar refractivity (Wildman–Crippen MR) is 67.3 cm³/mol. The number of nitrogens with zero attached hydrogens (tertiary/aromatic N) is 1. The van der Waals surface area contributed by atoms with E-state index < -0.39 is 30.6 Å². The average molecular weight is 298 g/mol. The average Bonchev–Trinajstić information content (AvgIpc) is 2.25. The van der Waals surface area contributed by atoms with Crippen molar-refractivity contribution in [1.29, 1.82) is 0 Å². The Hall–Kier alpha value is -1.47. The summed E-state index contributed by atoms with van der Waals surface area (Å²) in [5.41, 5.74) is 0. The number of carbonyl (C=O) groups excluding carboxylic acids is 1. The molecule has 0 bridgehead atoms. The summed E-state index contributed by atoms with van der Waals surface area (Å²) in [4.78, 5) is 23.3. The summed E-state index contributed by atoms with van der Waals surface area (Å²) >= 11 is 0. The summed E-state index contributed by atoms with van der Waals surface area (Å²) in [5.74, 6) is -2.14. The van der Waals surface area contributed by atoms with Crippen molar-refractivity contribution in [2.75, 3.05) is 19.6 Å². The fourth-order valence-electron chi connectivity index (χ4n) is 1.66. The van der Waals surface area contributed by atoms with Gasteiger partial charge in [-0.25, -0.2) is 4.79 Å². The smallest absolute Gasteiger partial charge is 0.406 e. The Kier molecular flexibility index (Phi) is 7.38. The molecule has 118 valence electrons. The normalized spacial score (nSPS) is 13.2. The maximum Gasteiger partial charge on any atom is 0.406 e. The Bertz CT molecular complexity index is 332. The van der Waals surface area contributed by atoms with Crippen LogP contribution < -0.4 is 5.32 Å². The van der Waals surface area contributed by atoms with Gasteiger partial charge in [-0.1, -0.05) is 20.8 Å². The minimum absolute atomic E-state index is 0.0369. The van der Waals surface area contributed by atoms with Crippen LogP contribution in [0.4, 0.5) is 18.0 Å². The van der Waals surface area contributed by atoms with E-state index in [1.807, 2.05) is 0 Å². The maximum atomic E-state index is 12.3. The Morgan fingerprint density at radius 2 is 1.85 bits per heavy atom. The van der Waals surface area contributed by atoms with Gasteiger partial charge in [-0.3, -0.25) is 4.79 Å². The zero-order valence-electron chi connectivity index (χ0n) is 11.8. The Labute approximate surface area is 116 Å². The zero-order valence-corrected chi connectivity index (χ0v) is 11.8. The van der Waals surface area contributed by atoms with E-state index in [0.717, 1.165) is 0 Å². The number of urea groups is 1. The molecule has 1 atom stereocenters. The van der Waals surface area contributed by atoms with Crippen molar-refractivity contribution >= 4 is 12.0 Å². The van der Waals surface area contributed by atoms with Gasteiger partial charge in [-0.2, -0.15) is 13.2 Å². The third-order valence-electron chi connectivity index (χ3n) is 2.75. The number of nitrogens with one attached hydrogen (secondary N) is 1. The van der Waals surface area contributed by atoms with Gasteiger partial charge in [0.1, 0.15) is 6.54 Å². The standard InChI is InChI=1S/C12H21F3N2O3/c1-4-5-17(7-12(13,14)15)11(20)16-6-9(8(2)3)10(18)19/h8-9H,4-7H2,1-3H3,(H,16,20)(H,18,19). The number of carboxylic acids is 1. The van der Waals surface area contributed by atoms with Crippen molar-refractivity contribution in [2.24, 2.45) is 11.8 Å². The minimum Gasteiger partial charge on any atom is -0.481 e. The van der Waals surface area contributed by atoms with E-state index in [1.165, 1.54) is 0 Å². The van der Waals surface area contributed by atoms with Crippen LogP contribution in [0.15, 0.2) is 0 Å². The topological polar surface area (TPSA) is 69.6 Å². The van der Waals surface area contributed by atoms with Gasteiger partial charge in [-0.05, 0) is 12.3 Å². The van der Waals surface area contributed by atoms with Crippen LogP contribution in [0.25, 0.3) is 0 Å². The van der Waals surface area contributed by atoms with E-state index in [1.54, 1.807) is 20.8 Å². The van der Waals surface area contributed by atoms with Crippen LogP contribution in [-0.2, 0) is 4.79 Å². The van der Waals surface area contributed by atoms with Crippen LogP contribution in [0.2, 0.25) is 0 Å². The second-order valence-corrected chi connectivity index (χ2v) is 4.91. The van der Waals surface area contributed by atoms with E-state index >= 15 is 0 Å². The number of alkyl halides is 3. The lowest BCUT2D eigenvalue weighted by molar-refractivity contribution is -0.143. The summed E-state index contributed by atoms with van der Waals surface area (Å²) in [7, 11) is 0. The number of rotatable bonds is 7. The molecular weight excluding hydrogens is 277 g/mol. The fourth-order valence-corrected chi connectivity index (χ4v) is 1.66. The number of hydrogen-bond donors (Lipinski definition) is 2. The molecule has 0 heterocycles. The first-order valence-corrected chi connectivity index (χ1v) is 6.40. The van der Waals surface area contributed by atoms with Gasteiger partial charge in [0.15, 0.2) is 0 Å². The molecule has 0 aliphatic rings. The van der Waals surface area contributed by atoms with Crippen molar-refractivity contribution in [3.05, 3.63) is 0 Å². The SMILES string of the molecule is CCCN(CC(F)(F)F)C(=O)NCC(C(=O)O)C(C)C. The largest absolute Gasteiger partial charge is 0.481 e. The molecule has 0 aromatic rings. The molecule has 0 aliphatic heterocycles. The number of carbonyl (C=O) groups is 2. The van der Waals surface area contributed by atoms with E-state index in [2.05, 4.69) is 5.32 Å². The summed E-state index contributed by atoms with van der Waals surface area (Å²) in [6.07, 6.45) is -4.09. The second-order valence-electron chi connectivity index (χ2n) is 4.91. The van der Waals surface area contributed by atoms with Crippen LogP contribution in [0.3, 0.4) is 0 Å². The molecule has 2 N–H and O–H groups in total. The van der Waals surface area contributed by atoms with Gasteiger partial charge in [0.05, 0.1) is 5.92 Å². The monoisotopic (exact) mass is 298 g/mol. The number of halogens is 3. The quantitative estimate of drug-likeness (QED) is 0.758. The summed E-state index contributed by atoms with van der Waals surface area (Å²) in [6.45, 7) is 3.43. The molecule has 2 amide bonds. The molecule has 0 aromatic carbocycles. The van der Waals surface area contributed by atoms with Crippen molar-refractivity contribution in [3.8, 4) is 0 Å². The molecule has 0 rings (SSSR count). The predicted octanol–water partition coefficient (Wildman–Crippen LogP) is 2.33. The highest BCUT2D eigenvalue weighted by Gasteiger charge is 2.33. The second kappa shape index (κ2) is 7.96. The van der Waals surface area contributed by atoms with Crippen molar-refractivity contribution in [1.82, 2.24) is 10.2 Å². The lowest BCUT2D eigenvalue weighted by Gasteiger charge is -2.25. The molecule has 1 unspecified atom stereocenters. The first-order chi connectivity index (χ1) is 9.08. The molecule has 0 spiro atoms. The lowest BCUT2D eigenvalue weighted by Crippen LogP contribution is -2.47. The molecule has 8 heteroatoms. The van der Waals surface area contributed by atoms with Gasteiger partial charge < -0.3 is 15.3 Å². The zero-order chi connectivity index (χ0) is 15.9. The van der Waals surface area contributed by atoms with E-state index in [0.29, 0.717) is 11.3 Å². The number of hydrogen-bond acceptors (Lipinski definition) is 2. The van der Waals surface area contributed by atoms with E-state index in [9.17, 15) is 22.8 Å². The molecule has 0 aromatic heterocycles. The highest BCUT2D eigenvalue weighted by Crippen LogP contribution is 2.17. The third kappa shape index (κ3) is 7.20. The van der Waals surface area contributed by atoms with Crippen molar-refractivity contribution < 1.29 is 27.9 Å². The molecule has 0 saturated heterocycles. The van der Waals surface area contributed by atoms with Crippen LogP contribution in [0, 0.1) is 11.8 Å². The molecule has 20 heavy (non-hydrogen) atoms. The molecule has 5 nitrogen and oxygen atoms in total. The summed E-state index contributed by atoms with van der Waals surface area (Å²) in [5, 5.41) is 11.2. The molecule has 0 radical (unpaired) electrons. The molecule has 0 fully saturated rings. The van der Waals surface area contributed by atoms with E-state index in [-0.39, 0.29) is 19.0 Å². The van der Waals surface area contributed by atoms with Crippen LogP contribution in [0.1, 0.15) is 27.2 Å². The molecule has 0 saturated carbocycles. The Morgan fingerprint density at radius 1 is 1.30 bits per heavy atom. The van der Waals surface area contributed by atoms with Gasteiger partial charge >= 0.3 is 18.2 Å². The summed E-state index contributed by atoms with van der Waals surface area (Å²) < 4.78 is 37.0. The molecular formula is C12H21F3N2O3. The first kappa shape index (κ1) is 18.5. The van der Waals surface area contributed by atoms with Gasteiger partial charge in [0, 0.05) is 13.1 Å². The highest BCUT2D eigenvalue weighted by atomic mass is 19.4. The van der Waals surface area contributed by atoms with Crippen molar-refractivity contribution in [2.45, 2.75) is 33.4 Å². The van der Waals surface area contributed by atoms with Crippen molar-refractivity contribution in [3.63, 3.8) is 0 Å². The van der Waals surface area contributed by atoms with E-state index in [4.69, 9.17) is 5.11 Å². The lowest BCUT2D eigenvalue weighted by atomic mass is 9.96. The minimum atomic E-state index is -4.48. The molecule has 0 aliphatic carbocycles. The van der Waals surface area contributed by atoms with Gasteiger partial charge in [0.25, 0.3) is 0 Å². The van der Waals surface area contributed by atoms with Gasteiger partial charge in [-0.15, -0.1) is 0 Å². The van der Waals surface area contributed by atoms with Crippen LogP contribution in [0.5, 0.6) is 0 Å². The third-order valence-corrected chi connectivity index (χ3v) is 2.75. The maximum absolute atomic E-state index is 12.3. The first-order valence-electron chi connectivity index (χ1n) is 6.40. The van der Waals surface area contributed by atoms with Crippen LogP contribution in [-0.4, -0.2) is 47.8 Å². The Balaban J connectivity index is 4.56. The number of aliphatic carboxylic acids is 1. The Morgan fingerprint density at radius 3 is 2.20 bits per heavy atom. The fraction of sp³-hybridized carbons (Fsp3) is 0.833. The number of amides is 2. The van der Waals surface area contributed by atoms with Crippen LogP contribution >= 0.6 is 0 Å².